The molecule has 0 saturated heterocycles. The number of aryl methyl sites for hydroxylation is 1. The Kier molecular flexibility index (Phi) is 7.01. The zero-order valence-electron chi connectivity index (χ0n) is 16.3. The molecule has 3 aromatic rings. The monoisotopic (exact) mass is 412 g/mol. The first-order chi connectivity index (χ1) is 14.0. The van der Waals surface area contributed by atoms with Gasteiger partial charge in [-0.3, -0.25) is 14.5 Å². The number of pyridine rings is 1. The highest BCUT2D eigenvalue weighted by atomic mass is 32.1. The summed E-state index contributed by atoms with van der Waals surface area (Å²) in [6, 6.07) is 3.66. The molecule has 0 aliphatic carbocycles. The summed E-state index contributed by atoms with van der Waals surface area (Å²) >= 11 is 5.31. The molecule has 0 aliphatic rings. The zero-order chi connectivity index (χ0) is 20.6. The molecule has 4 N–H and O–H groups in total. The van der Waals surface area contributed by atoms with Gasteiger partial charge < -0.3 is 16.4 Å². The van der Waals surface area contributed by atoms with Gasteiger partial charge in [-0.1, -0.05) is 19.8 Å². The Hall–Kier alpha value is -3.14. The molecular weight excluding hydrogens is 388 g/mol. The minimum Gasteiger partial charge on any atom is -0.370 e. The number of fused-ring (bicyclic) bond motifs is 1. The smallest absolute Gasteiger partial charge is 0.219 e. The van der Waals surface area contributed by atoms with Gasteiger partial charge in [-0.2, -0.15) is 5.10 Å². The van der Waals surface area contributed by atoms with E-state index in [4.69, 9.17) is 18.0 Å². The Morgan fingerprint density at radius 3 is 2.90 bits per heavy atom. The van der Waals surface area contributed by atoms with Crippen molar-refractivity contribution < 1.29 is 4.79 Å². The van der Waals surface area contributed by atoms with Crippen molar-refractivity contribution >= 4 is 40.2 Å². The second-order valence-electron chi connectivity index (χ2n) is 6.59. The highest BCUT2D eigenvalue weighted by Gasteiger charge is 2.08. The number of thiocarbonyl (C=S) groups is 1. The summed E-state index contributed by atoms with van der Waals surface area (Å²) in [4.78, 5) is 24.4. The molecule has 9 nitrogen and oxygen atoms in total. The first kappa shape index (κ1) is 20.6. The minimum absolute atomic E-state index is 0.230. The van der Waals surface area contributed by atoms with Gasteiger partial charge in [0, 0.05) is 31.3 Å². The van der Waals surface area contributed by atoms with Crippen LogP contribution >= 0.6 is 12.2 Å². The normalized spacial score (nSPS) is 10.8. The number of carbonyl (C=O) groups is 1. The van der Waals surface area contributed by atoms with E-state index in [9.17, 15) is 4.79 Å². The second kappa shape index (κ2) is 9.87. The Bertz CT molecular complexity index is 1000. The first-order valence-corrected chi connectivity index (χ1v) is 9.95. The van der Waals surface area contributed by atoms with Crippen LogP contribution in [0.3, 0.4) is 0 Å². The molecule has 3 rings (SSSR count). The fraction of sp³-hybridized carbons (Fsp3) is 0.368. The van der Waals surface area contributed by atoms with Crippen LogP contribution in [-0.4, -0.2) is 42.3 Å². The van der Waals surface area contributed by atoms with Gasteiger partial charge in [0.2, 0.25) is 5.91 Å². The average molecular weight is 413 g/mol. The van der Waals surface area contributed by atoms with E-state index in [1.807, 2.05) is 12.1 Å². The molecule has 152 valence electrons. The Morgan fingerprint density at radius 1 is 1.24 bits per heavy atom. The van der Waals surface area contributed by atoms with Crippen molar-refractivity contribution in [3.63, 3.8) is 0 Å². The van der Waals surface area contributed by atoms with Gasteiger partial charge in [0.05, 0.1) is 18.1 Å². The predicted molar refractivity (Wildman–Crippen MR) is 116 cm³/mol. The van der Waals surface area contributed by atoms with Crippen LogP contribution in [0.2, 0.25) is 0 Å². The lowest BCUT2D eigenvalue weighted by Gasteiger charge is -2.10. The summed E-state index contributed by atoms with van der Waals surface area (Å²) in [5.74, 6) is 0.239. The zero-order valence-corrected chi connectivity index (χ0v) is 17.1. The van der Waals surface area contributed by atoms with Crippen LogP contribution in [0, 0.1) is 0 Å². The molecule has 0 atom stereocenters. The van der Waals surface area contributed by atoms with E-state index >= 15 is 0 Å². The average Bonchev–Trinajstić information content (AvgIpc) is 3.18. The molecule has 0 fully saturated rings. The summed E-state index contributed by atoms with van der Waals surface area (Å²) in [5.41, 5.74) is 7.80. The Balaban J connectivity index is 1.70. The summed E-state index contributed by atoms with van der Waals surface area (Å²) < 4.78 is 1.65. The molecule has 1 amide bonds. The van der Waals surface area contributed by atoms with E-state index in [-0.39, 0.29) is 12.3 Å². The second-order valence-corrected chi connectivity index (χ2v) is 7.00. The highest BCUT2D eigenvalue weighted by molar-refractivity contribution is 7.80. The molecule has 0 spiro atoms. The molecule has 3 aromatic heterocycles. The molecule has 0 unspecified atom stereocenters. The van der Waals surface area contributed by atoms with Crippen LogP contribution in [0.5, 0.6) is 0 Å². The van der Waals surface area contributed by atoms with Gasteiger partial charge >= 0.3 is 0 Å². The number of amides is 1. The SMILES string of the molecule is CCCCCNC(=S)Nc1ccc2ncc(-c3cnn(CCC(N)=O)c3)nc2n1. The lowest BCUT2D eigenvalue weighted by Crippen LogP contribution is -2.29. The van der Waals surface area contributed by atoms with E-state index in [0.717, 1.165) is 18.5 Å². The number of hydrogen-bond donors (Lipinski definition) is 3. The number of primary amides is 1. The van der Waals surface area contributed by atoms with Gasteiger partial charge in [-0.15, -0.1) is 0 Å². The first-order valence-electron chi connectivity index (χ1n) is 9.55. The number of nitrogens with zero attached hydrogens (tertiary/aromatic N) is 5. The van der Waals surface area contributed by atoms with E-state index < -0.39 is 0 Å². The molecular formula is C19H24N8OS. The maximum Gasteiger partial charge on any atom is 0.219 e. The van der Waals surface area contributed by atoms with Crippen molar-refractivity contribution in [1.82, 2.24) is 30.0 Å². The van der Waals surface area contributed by atoms with Crippen molar-refractivity contribution in [1.29, 1.82) is 0 Å². The van der Waals surface area contributed by atoms with Crippen LogP contribution in [0.4, 0.5) is 5.82 Å². The Morgan fingerprint density at radius 2 is 2.10 bits per heavy atom. The van der Waals surface area contributed by atoms with E-state index in [2.05, 4.69) is 37.6 Å². The lowest BCUT2D eigenvalue weighted by atomic mass is 10.2. The molecule has 0 saturated carbocycles. The van der Waals surface area contributed by atoms with Crippen molar-refractivity contribution in [2.75, 3.05) is 11.9 Å². The minimum atomic E-state index is -0.366. The number of nitrogens with two attached hydrogens (primary N) is 1. The van der Waals surface area contributed by atoms with Crippen molar-refractivity contribution in [2.45, 2.75) is 39.2 Å². The van der Waals surface area contributed by atoms with Crippen LogP contribution < -0.4 is 16.4 Å². The molecule has 10 heteroatoms. The largest absolute Gasteiger partial charge is 0.370 e. The Labute approximate surface area is 174 Å². The summed E-state index contributed by atoms with van der Waals surface area (Å²) in [6.45, 7) is 3.42. The quantitative estimate of drug-likeness (QED) is 0.361. The topological polar surface area (TPSA) is 124 Å². The summed E-state index contributed by atoms with van der Waals surface area (Å²) in [7, 11) is 0. The van der Waals surface area contributed by atoms with Gasteiger partial charge in [-0.25, -0.2) is 9.97 Å². The highest BCUT2D eigenvalue weighted by Crippen LogP contribution is 2.19. The maximum atomic E-state index is 10.9. The summed E-state index contributed by atoms with van der Waals surface area (Å²) in [5, 5.41) is 11.0. The van der Waals surface area contributed by atoms with Crippen LogP contribution in [0.25, 0.3) is 22.4 Å². The molecule has 29 heavy (non-hydrogen) atoms. The fourth-order valence-electron chi connectivity index (χ4n) is 2.69. The van der Waals surface area contributed by atoms with Crippen molar-refractivity contribution in [3.05, 3.63) is 30.7 Å². The molecule has 0 aliphatic heterocycles. The third-order valence-corrected chi connectivity index (χ3v) is 4.48. The maximum absolute atomic E-state index is 10.9. The molecule has 0 bridgehead atoms. The summed E-state index contributed by atoms with van der Waals surface area (Å²) in [6.07, 6.45) is 8.79. The van der Waals surface area contributed by atoms with Crippen LogP contribution in [0.15, 0.2) is 30.7 Å². The fourth-order valence-corrected chi connectivity index (χ4v) is 2.89. The third kappa shape index (κ3) is 5.92. The molecule has 3 heterocycles. The number of hydrogen-bond acceptors (Lipinski definition) is 6. The number of unbranched alkanes of at least 4 members (excludes halogenated alkanes) is 2. The number of nitrogens with one attached hydrogen (secondary N) is 2. The number of anilines is 1. The van der Waals surface area contributed by atoms with Gasteiger partial charge in [-0.05, 0) is 30.8 Å². The molecule has 0 radical (unpaired) electrons. The number of aromatic nitrogens is 5. The molecule has 0 aromatic carbocycles. The van der Waals surface area contributed by atoms with Crippen LogP contribution in [-0.2, 0) is 11.3 Å². The standard InChI is InChI=1S/C19H24N8OS/c1-2-3-4-8-21-19(29)26-17-6-5-14-18(25-17)24-15(11-22-14)13-10-23-27(12-13)9-7-16(20)28/h5-6,10-12H,2-4,7-9H2,1H3,(H2,20,28)(H2,21,24,25,26,29). The van der Waals surface area contributed by atoms with Crippen LogP contribution in [0.1, 0.15) is 32.6 Å². The van der Waals surface area contributed by atoms with E-state index in [1.165, 1.54) is 12.8 Å². The number of carbonyl (C=O) groups excluding carboxylic acids is 1. The van der Waals surface area contributed by atoms with Crippen molar-refractivity contribution in [2.24, 2.45) is 5.73 Å². The number of rotatable bonds is 9. The lowest BCUT2D eigenvalue weighted by molar-refractivity contribution is -0.118. The van der Waals surface area contributed by atoms with Gasteiger partial charge in [0.25, 0.3) is 0 Å². The van der Waals surface area contributed by atoms with Crippen molar-refractivity contribution in [3.8, 4) is 11.3 Å². The van der Waals surface area contributed by atoms with Gasteiger partial charge in [0.1, 0.15) is 11.3 Å². The van der Waals surface area contributed by atoms with E-state index in [1.54, 1.807) is 23.3 Å². The third-order valence-electron chi connectivity index (χ3n) is 4.23. The van der Waals surface area contributed by atoms with Gasteiger partial charge in [0.15, 0.2) is 10.8 Å². The van der Waals surface area contributed by atoms with E-state index in [0.29, 0.717) is 34.3 Å². The predicted octanol–water partition coefficient (Wildman–Crippen LogP) is 2.24.